The van der Waals surface area contributed by atoms with Gasteiger partial charge in [0.05, 0.1) is 48.8 Å². The summed E-state index contributed by atoms with van der Waals surface area (Å²) in [6.07, 6.45) is 1.32. The third kappa shape index (κ3) is 22.3. The first-order valence-electron chi connectivity index (χ1n) is 33.8. The quantitative estimate of drug-likeness (QED) is 0.0280. The normalized spacial score (nSPS) is 18.5. The molecule has 0 radical (unpaired) electrons. The smallest absolute Gasteiger partial charge is 0.410 e. The van der Waals surface area contributed by atoms with Gasteiger partial charge in [-0.05, 0) is 105 Å². The van der Waals surface area contributed by atoms with Crippen LogP contribution < -0.4 is 32.3 Å². The average Bonchev–Trinajstić information content (AvgIpc) is 1.47. The second kappa shape index (κ2) is 38.5. The van der Waals surface area contributed by atoms with Gasteiger partial charge < -0.3 is 61.4 Å². The van der Waals surface area contributed by atoms with E-state index in [1.165, 1.54) is 31.1 Å². The average molecular weight is 1320 g/mol. The van der Waals surface area contributed by atoms with Gasteiger partial charge in [0.2, 0.25) is 53.2 Å². The lowest BCUT2D eigenvalue weighted by molar-refractivity contribution is -0.148. The van der Waals surface area contributed by atoms with Crippen LogP contribution in [0.25, 0.3) is 0 Å². The van der Waals surface area contributed by atoms with Crippen LogP contribution in [-0.4, -0.2) is 186 Å². The lowest BCUT2D eigenvalue weighted by Gasteiger charge is -2.41. The molecule has 10 amide bonds. The molecule has 0 bridgehead atoms. The Balaban J connectivity index is 1.34. The van der Waals surface area contributed by atoms with Crippen LogP contribution in [0.2, 0.25) is 0 Å². The lowest BCUT2D eigenvalue weighted by Crippen LogP contribution is -2.60. The summed E-state index contributed by atoms with van der Waals surface area (Å²) >= 11 is 0. The Hall–Kier alpha value is -7.02. The Labute approximate surface area is 558 Å². The van der Waals surface area contributed by atoms with Crippen molar-refractivity contribution in [1.82, 2.24) is 40.9 Å². The summed E-state index contributed by atoms with van der Waals surface area (Å²) in [5.41, 5.74) is 7.44. The number of hydrogen-bond acceptors (Lipinski definition) is 15. The van der Waals surface area contributed by atoms with E-state index in [1.807, 2.05) is 59.7 Å². The maximum Gasteiger partial charge on any atom is 0.410 e. The Morgan fingerprint density at radius 2 is 1.37 bits per heavy atom. The lowest BCUT2D eigenvalue weighted by atomic mass is 9.89. The SMILES string of the molecule is CC[C@H](C)[C@@H]([C@@H](CC(=O)N1CCC[C@H]1[C@H](OC)[C@@H](C)C(=O)N[C@H](C)[C@@H](O)c1ccccc1)OC)N(C)C(=O)[C@@H](NC(=O)[C@H](C(C)C)N(C)C(=O)OCc1ccc(NC(=O)[C@H](CCCN)NC(=O)[C@@H](NC(=O)CCCCCN2C(=O)CC(C(C)C)C2=O)C(C)C)cc1)C(C)C. The van der Waals surface area contributed by atoms with Crippen molar-refractivity contribution >= 4 is 64.9 Å². The predicted molar refractivity (Wildman–Crippen MR) is 359 cm³/mol. The number of likely N-dealkylation sites (tertiary alicyclic amines) is 2. The molecule has 24 heteroatoms. The van der Waals surface area contributed by atoms with Crippen LogP contribution in [-0.2, 0) is 64.0 Å². The van der Waals surface area contributed by atoms with E-state index in [1.54, 1.807) is 94.8 Å². The zero-order valence-electron chi connectivity index (χ0n) is 58.7. The summed E-state index contributed by atoms with van der Waals surface area (Å²) < 4.78 is 17.8. The fourth-order valence-corrected chi connectivity index (χ4v) is 12.7. The number of carbonyl (C=O) groups is 10. The molecule has 1 unspecified atom stereocenters. The topological polar surface area (TPSA) is 318 Å². The summed E-state index contributed by atoms with van der Waals surface area (Å²) in [7, 11) is 6.12. The van der Waals surface area contributed by atoms with Crippen LogP contribution in [0.15, 0.2) is 54.6 Å². The standard InChI is InChI=1S/C70H112N10O14/c1-17-45(10)61(54(92-15)39-57(83)79-37-25-29-53(79)63(93-16)46(11)64(85)72-47(12)62(84)49-26-20-18-21-27-49)77(13)69(90)59(43(6)7)76-67(88)60(44(8)9)78(14)70(91)94-40-48-31-33-50(34-32-48)73-65(86)52(28-24-35-71)74-66(87)58(42(4)5)75-55(81)30-22-19-23-36-80-56(82)38-51(41(2)3)68(80)89/h18,20-21,26-27,31-34,41-47,51-54,58-63,84H,17,19,22-25,28-30,35-40,71H2,1-16H3,(H,72,85)(H,73,86)(H,74,87)(H,75,81)(H,76,88)/t45-,46+,47+,51?,52-,53-,54+,58-,59-,60-,61-,62+,63+/m0/s1. The van der Waals surface area contributed by atoms with E-state index in [2.05, 4.69) is 26.6 Å². The second-order valence-electron chi connectivity index (χ2n) is 27.0. The Morgan fingerprint density at radius 3 is 1.94 bits per heavy atom. The van der Waals surface area contributed by atoms with Gasteiger partial charge in [-0.2, -0.15) is 0 Å². The summed E-state index contributed by atoms with van der Waals surface area (Å²) in [6.45, 7) is 22.9. The van der Waals surface area contributed by atoms with Crippen molar-refractivity contribution in [3.05, 3.63) is 65.7 Å². The molecule has 2 heterocycles. The zero-order valence-corrected chi connectivity index (χ0v) is 58.7. The van der Waals surface area contributed by atoms with E-state index >= 15 is 0 Å². The number of imide groups is 1. The Bertz CT molecular complexity index is 2800. The maximum absolute atomic E-state index is 14.8. The van der Waals surface area contributed by atoms with Crippen LogP contribution in [0.3, 0.4) is 0 Å². The minimum absolute atomic E-state index is 0.0790. The van der Waals surface area contributed by atoms with Crippen LogP contribution in [0, 0.1) is 41.4 Å². The predicted octanol–water partition coefficient (Wildman–Crippen LogP) is 6.47. The highest BCUT2D eigenvalue weighted by atomic mass is 16.6. The molecule has 0 saturated carbocycles. The van der Waals surface area contributed by atoms with Crippen LogP contribution in [0.5, 0.6) is 0 Å². The number of nitrogens with zero attached hydrogens (tertiary/aromatic N) is 4. The molecule has 94 heavy (non-hydrogen) atoms. The molecule has 0 spiro atoms. The largest absolute Gasteiger partial charge is 0.445 e. The van der Waals surface area contributed by atoms with Crippen molar-refractivity contribution < 1.29 is 67.3 Å². The molecule has 8 N–H and O–H groups in total. The van der Waals surface area contributed by atoms with Crippen molar-refractivity contribution in [2.75, 3.05) is 53.3 Å². The number of aliphatic hydroxyl groups excluding tert-OH is 1. The molecular weight excluding hydrogens is 1200 g/mol. The molecule has 2 fully saturated rings. The summed E-state index contributed by atoms with van der Waals surface area (Å²) in [5.74, 6) is -5.44. The third-order valence-corrected chi connectivity index (χ3v) is 18.6. The van der Waals surface area contributed by atoms with E-state index in [4.69, 9.17) is 19.9 Å². The number of aliphatic hydroxyl groups is 1. The highest BCUT2D eigenvalue weighted by molar-refractivity contribution is 6.03. The Morgan fingerprint density at radius 1 is 0.723 bits per heavy atom. The van der Waals surface area contributed by atoms with Gasteiger partial charge in [0.25, 0.3) is 0 Å². The van der Waals surface area contributed by atoms with Crippen LogP contribution in [0.4, 0.5) is 10.5 Å². The molecule has 24 nitrogen and oxygen atoms in total. The van der Waals surface area contributed by atoms with E-state index in [9.17, 15) is 53.1 Å². The van der Waals surface area contributed by atoms with Gasteiger partial charge in [0, 0.05) is 65.9 Å². The van der Waals surface area contributed by atoms with Gasteiger partial charge in [-0.3, -0.25) is 53.0 Å². The third-order valence-electron chi connectivity index (χ3n) is 18.6. The monoisotopic (exact) mass is 1320 g/mol. The number of benzene rings is 2. The fourth-order valence-electron chi connectivity index (χ4n) is 12.7. The first-order valence-corrected chi connectivity index (χ1v) is 33.8. The number of amides is 10. The van der Waals surface area contributed by atoms with Gasteiger partial charge >= 0.3 is 6.09 Å². The molecule has 2 saturated heterocycles. The molecule has 2 aliphatic heterocycles. The molecule has 13 atom stereocenters. The second-order valence-corrected chi connectivity index (χ2v) is 27.0. The number of unbranched alkanes of at least 4 members (excludes halogenated alkanes) is 2. The van der Waals surface area contributed by atoms with E-state index < -0.39 is 108 Å². The number of hydrogen-bond donors (Lipinski definition) is 7. The first-order chi connectivity index (χ1) is 44.4. The number of anilines is 1. The molecule has 0 aromatic heterocycles. The summed E-state index contributed by atoms with van der Waals surface area (Å²) in [4.78, 5) is 143. The van der Waals surface area contributed by atoms with Crippen molar-refractivity contribution in [3.63, 3.8) is 0 Å². The number of ether oxygens (including phenoxy) is 3. The van der Waals surface area contributed by atoms with Crippen molar-refractivity contribution in [3.8, 4) is 0 Å². The van der Waals surface area contributed by atoms with E-state index in [0.29, 0.717) is 74.8 Å². The molecule has 2 aromatic rings. The van der Waals surface area contributed by atoms with Crippen molar-refractivity contribution in [2.24, 2.45) is 47.2 Å². The first kappa shape index (κ1) is 79.4. The van der Waals surface area contributed by atoms with Crippen LogP contribution in [0.1, 0.15) is 171 Å². The number of rotatable bonds is 38. The minimum atomic E-state index is -1.07. The van der Waals surface area contributed by atoms with Gasteiger partial charge in [-0.1, -0.05) is 131 Å². The zero-order chi connectivity index (χ0) is 70.3. The highest BCUT2D eigenvalue weighted by Crippen LogP contribution is 2.31. The number of likely N-dealkylation sites (N-methyl/N-ethyl adjacent to an activating group) is 2. The van der Waals surface area contributed by atoms with Gasteiger partial charge in [-0.15, -0.1) is 0 Å². The van der Waals surface area contributed by atoms with E-state index in [-0.39, 0.29) is 92.0 Å². The molecule has 0 aliphatic carbocycles. The maximum atomic E-state index is 14.8. The highest BCUT2D eigenvalue weighted by Gasteiger charge is 2.45. The number of nitrogens with one attached hydrogen (secondary N) is 5. The summed E-state index contributed by atoms with van der Waals surface area (Å²) in [6, 6.07) is 9.92. The van der Waals surface area contributed by atoms with Gasteiger partial charge in [-0.25, -0.2) is 4.79 Å². The Kier molecular flexibility index (Phi) is 32.5. The number of carbonyl (C=O) groups excluding carboxylic acids is 10. The van der Waals surface area contributed by atoms with E-state index in [0.717, 1.165) is 0 Å². The minimum Gasteiger partial charge on any atom is -0.445 e. The van der Waals surface area contributed by atoms with Crippen molar-refractivity contribution in [1.29, 1.82) is 0 Å². The van der Waals surface area contributed by atoms with Gasteiger partial charge in [0.15, 0.2) is 0 Å². The molecule has 526 valence electrons. The van der Waals surface area contributed by atoms with Crippen molar-refractivity contribution in [2.45, 2.75) is 221 Å². The summed E-state index contributed by atoms with van der Waals surface area (Å²) in [5, 5.41) is 25.3. The molecule has 2 aromatic carbocycles. The van der Waals surface area contributed by atoms with Gasteiger partial charge in [0.1, 0.15) is 30.8 Å². The number of nitrogens with two attached hydrogens (primary N) is 1. The van der Waals surface area contributed by atoms with Crippen LogP contribution >= 0.6 is 0 Å². The molecule has 2 aliphatic rings. The fraction of sp³-hybridized carbons (Fsp3) is 0.686. The number of methoxy groups -OCH3 is 2. The molecule has 4 rings (SSSR count). The molecular formula is C70H112N10O14.